The summed E-state index contributed by atoms with van der Waals surface area (Å²) in [5.41, 5.74) is -0.155. The maximum absolute atomic E-state index is 11.9. The Morgan fingerprint density at radius 2 is 1.79 bits per heavy atom. The first kappa shape index (κ1) is 15.7. The predicted octanol–water partition coefficient (Wildman–Crippen LogP) is 1.91. The van der Waals surface area contributed by atoms with Crippen LogP contribution < -0.4 is 0 Å². The molecule has 1 rings (SSSR count). The molecule has 1 saturated heterocycles. The SMILES string of the molecule is CC1CC(=O)N(CC(CC(C)(C)C)C(=O)O)C(=O)C1. The molecule has 0 radical (unpaired) electrons. The third kappa shape index (κ3) is 4.65. The minimum absolute atomic E-state index is 0.00299. The molecule has 1 fully saturated rings. The molecule has 0 bridgehead atoms. The first-order valence-electron chi connectivity index (χ1n) is 6.66. The molecule has 0 aromatic rings. The zero-order valence-corrected chi connectivity index (χ0v) is 12.1. The fraction of sp³-hybridized carbons (Fsp3) is 0.786. The Labute approximate surface area is 114 Å². The van der Waals surface area contributed by atoms with Crippen LogP contribution in [-0.2, 0) is 14.4 Å². The van der Waals surface area contributed by atoms with Crippen molar-refractivity contribution in [3.05, 3.63) is 0 Å². The number of carbonyl (C=O) groups is 3. The lowest BCUT2D eigenvalue weighted by Gasteiger charge is -2.32. The van der Waals surface area contributed by atoms with Crippen molar-refractivity contribution in [3.8, 4) is 0 Å². The van der Waals surface area contributed by atoms with Crippen LogP contribution in [0.3, 0.4) is 0 Å². The summed E-state index contributed by atoms with van der Waals surface area (Å²) in [5.74, 6) is -2.08. The van der Waals surface area contributed by atoms with E-state index in [4.69, 9.17) is 0 Å². The standard InChI is InChI=1S/C14H23NO4/c1-9-5-11(16)15(12(17)6-9)8-10(13(18)19)7-14(2,3)4/h9-10H,5-8H2,1-4H3,(H,18,19). The number of hydrogen-bond acceptors (Lipinski definition) is 3. The molecule has 0 aromatic heterocycles. The number of rotatable bonds is 4. The van der Waals surface area contributed by atoms with E-state index in [1.165, 1.54) is 0 Å². The van der Waals surface area contributed by atoms with Crippen LogP contribution in [0, 0.1) is 17.3 Å². The third-order valence-electron chi connectivity index (χ3n) is 3.26. The molecule has 1 N–H and O–H groups in total. The van der Waals surface area contributed by atoms with E-state index in [1.807, 2.05) is 27.7 Å². The minimum Gasteiger partial charge on any atom is -0.481 e. The highest BCUT2D eigenvalue weighted by Crippen LogP contribution is 2.27. The zero-order chi connectivity index (χ0) is 14.8. The van der Waals surface area contributed by atoms with Crippen molar-refractivity contribution in [3.63, 3.8) is 0 Å². The molecular formula is C14H23NO4. The van der Waals surface area contributed by atoms with E-state index in [1.54, 1.807) is 0 Å². The van der Waals surface area contributed by atoms with E-state index in [2.05, 4.69) is 0 Å². The van der Waals surface area contributed by atoms with Gasteiger partial charge in [-0.25, -0.2) is 0 Å². The molecule has 1 heterocycles. The molecule has 0 aromatic carbocycles. The monoisotopic (exact) mass is 269 g/mol. The van der Waals surface area contributed by atoms with Crippen molar-refractivity contribution in [2.24, 2.45) is 17.3 Å². The minimum atomic E-state index is -0.950. The molecule has 5 nitrogen and oxygen atoms in total. The zero-order valence-electron chi connectivity index (χ0n) is 12.1. The number of carboxylic acid groups (broad SMARTS) is 1. The Morgan fingerprint density at radius 1 is 1.32 bits per heavy atom. The lowest BCUT2D eigenvalue weighted by atomic mass is 9.84. The molecule has 108 valence electrons. The van der Waals surface area contributed by atoms with Crippen LogP contribution in [0.5, 0.6) is 0 Å². The molecule has 1 aliphatic rings. The second kappa shape index (κ2) is 5.72. The number of aliphatic carboxylic acids is 1. The number of imide groups is 1. The average molecular weight is 269 g/mol. The number of hydrogen-bond donors (Lipinski definition) is 1. The summed E-state index contributed by atoms with van der Waals surface area (Å²) in [7, 11) is 0. The summed E-state index contributed by atoms with van der Waals surface area (Å²) in [4.78, 5) is 36.1. The Morgan fingerprint density at radius 3 is 2.16 bits per heavy atom. The largest absolute Gasteiger partial charge is 0.481 e. The second-order valence-corrected chi connectivity index (χ2v) is 6.71. The van der Waals surface area contributed by atoms with E-state index < -0.39 is 11.9 Å². The molecule has 5 heteroatoms. The molecule has 1 atom stereocenters. The van der Waals surface area contributed by atoms with Crippen molar-refractivity contribution in [1.82, 2.24) is 4.90 Å². The fourth-order valence-corrected chi connectivity index (χ4v) is 2.42. The van der Waals surface area contributed by atoms with Crippen LogP contribution in [0.15, 0.2) is 0 Å². The van der Waals surface area contributed by atoms with Crippen LogP contribution in [0.25, 0.3) is 0 Å². The number of amides is 2. The van der Waals surface area contributed by atoms with Crippen LogP contribution >= 0.6 is 0 Å². The smallest absolute Gasteiger partial charge is 0.308 e. The average Bonchev–Trinajstić information content (AvgIpc) is 2.19. The van der Waals surface area contributed by atoms with Crippen LogP contribution in [-0.4, -0.2) is 34.3 Å². The van der Waals surface area contributed by atoms with Crippen molar-refractivity contribution < 1.29 is 19.5 Å². The highest BCUT2D eigenvalue weighted by molar-refractivity contribution is 5.98. The quantitative estimate of drug-likeness (QED) is 0.791. The first-order valence-corrected chi connectivity index (χ1v) is 6.66. The summed E-state index contributed by atoms with van der Waals surface area (Å²) in [6, 6.07) is 0. The maximum Gasteiger partial charge on any atom is 0.308 e. The third-order valence-corrected chi connectivity index (χ3v) is 3.26. The van der Waals surface area contributed by atoms with Crippen molar-refractivity contribution in [2.45, 2.75) is 47.0 Å². The Balaban J connectivity index is 2.76. The lowest BCUT2D eigenvalue weighted by Crippen LogP contribution is -2.46. The normalized spacial score (nSPS) is 19.7. The van der Waals surface area contributed by atoms with Gasteiger partial charge in [-0.15, -0.1) is 0 Å². The highest BCUT2D eigenvalue weighted by atomic mass is 16.4. The van der Waals surface area contributed by atoms with Crippen molar-refractivity contribution in [2.75, 3.05) is 6.54 Å². The summed E-state index contributed by atoms with van der Waals surface area (Å²) in [6.45, 7) is 7.70. The molecular weight excluding hydrogens is 246 g/mol. The molecule has 0 aliphatic carbocycles. The van der Waals surface area contributed by atoms with E-state index in [9.17, 15) is 19.5 Å². The summed E-state index contributed by atoms with van der Waals surface area (Å²) >= 11 is 0. The van der Waals surface area contributed by atoms with Gasteiger partial charge in [0.2, 0.25) is 11.8 Å². The molecule has 0 saturated carbocycles. The van der Waals surface area contributed by atoms with Gasteiger partial charge in [0, 0.05) is 19.4 Å². The van der Waals surface area contributed by atoms with Gasteiger partial charge < -0.3 is 5.11 Å². The van der Waals surface area contributed by atoms with Crippen molar-refractivity contribution in [1.29, 1.82) is 0 Å². The Bertz CT molecular complexity index is 365. The van der Waals surface area contributed by atoms with Gasteiger partial charge in [0.25, 0.3) is 0 Å². The van der Waals surface area contributed by atoms with Crippen LogP contribution in [0.2, 0.25) is 0 Å². The van der Waals surface area contributed by atoms with Gasteiger partial charge in [-0.1, -0.05) is 27.7 Å². The fourth-order valence-electron chi connectivity index (χ4n) is 2.42. The van der Waals surface area contributed by atoms with E-state index in [0.717, 1.165) is 4.90 Å². The van der Waals surface area contributed by atoms with Gasteiger partial charge in [-0.3, -0.25) is 19.3 Å². The predicted molar refractivity (Wildman–Crippen MR) is 70.3 cm³/mol. The number of carbonyl (C=O) groups excluding carboxylic acids is 2. The number of nitrogens with zero attached hydrogens (tertiary/aromatic N) is 1. The molecule has 1 aliphatic heterocycles. The number of piperidine rings is 1. The summed E-state index contributed by atoms with van der Waals surface area (Å²) in [6.07, 6.45) is 1.09. The Kier molecular flexibility index (Phi) is 4.71. The van der Waals surface area contributed by atoms with Gasteiger partial charge in [-0.05, 0) is 17.8 Å². The Hall–Kier alpha value is -1.39. The topological polar surface area (TPSA) is 74.7 Å². The number of likely N-dealkylation sites (tertiary alicyclic amines) is 1. The summed E-state index contributed by atoms with van der Waals surface area (Å²) in [5, 5.41) is 9.24. The molecule has 2 amide bonds. The molecule has 19 heavy (non-hydrogen) atoms. The second-order valence-electron chi connectivity index (χ2n) is 6.71. The van der Waals surface area contributed by atoms with Gasteiger partial charge in [0.05, 0.1) is 5.92 Å². The number of carboxylic acids is 1. The van der Waals surface area contributed by atoms with E-state index in [0.29, 0.717) is 19.3 Å². The van der Waals surface area contributed by atoms with Crippen molar-refractivity contribution >= 4 is 17.8 Å². The maximum atomic E-state index is 11.9. The van der Waals surface area contributed by atoms with Gasteiger partial charge in [-0.2, -0.15) is 0 Å². The first-order chi connectivity index (χ1) is 8.60. The molecule has 0 spiro atoms. The van der Waals surface area contributed by atoms with E-state index >= 15 is 0 Å². The molecule has 1 unspecified atom stereocenters. The van der Waals surface area contributed by atoms with Gasteiger partial charge >= 0.3 is 5.97 Å². The van der Waals surface area contributed by atoms with Crippen LogP contribution in [0.4, 0.5) is 0 Å². The highest BCUT2D eigenvalue weighted by Gasteiger charge is 2.35. The van der Waals surface area contributed by atoms with E-state index in [-0.39, 0.29) is 29.7 Å². The summed E-state index contributed by atoms with van der Waals surface area (Å²) < 4.78 is 0. The van der Waals surface area contributed by atoms with Crippen LogP contribution in [0.1, 0.15) is 47.0 Å². The van der Waals surface area contributed by atoms with Gasteiger partial charge in [0.15, 0.2) is 0 Å². The lowest BCUT2D eigenvalue weighted by molar-refractivity contribution is -0.153. The van der Waals surface area contributed by atoms with Gasteiger partial charge in [0.1, 0.15) is 0 Å².